The molecule has 0 rings (SSSR count). The number of halogens is 1. The number of hydrogen-bond acceptors (Lipinski definition) is 1. The van der Waals surface area contributed by atoms with Crippen LogP contribution in [0.2, 0.25) is 0 Å². The van der Waals surface area contributed by atoms with E-state index in [0.717, 1.165) is 6.42 Å². The average molecular weight is 193 g/mol. The van der Waals surface area contributed by atoms with Crippen LogP contribution in [0.15, 0.2) is 0 Å². The van der Waals surface area contributed by atoms with Gasteiger partial charge in [-0.15, -0.1) is 11.6 Å². The molecule has 1 N–H and O–H groups in total. The molecule has 0 saturated carbocycles. The zero-order valence-electron chi connectivity index (χ0n) is 7.77. The van der Waals surface area contributed by atoms with Crippen LogP contribution >= 0.6 is 11.6 Å². The lowest BCUT2D eigenvalue weighted by molar-refractivity contribution is -0.150. The summed E-state index contributed by atoms with van der Waals surface area (Å²) in [6, 6.07) is 0. The molecule has 0 spiro atoms. The predicted molar refractivity (Wildman–Crippen MR) is 50.6 cm³/mol. The van der Waals surface area contributed by atoms with Crippen molar-refractivity contribution in [3.05, 3.63) is 0 Å². The molecule has 0 radical (unpaired) electrons. The third-order valence-corrected chi connectivity index (χ3v) is 2.86. The van der Waals surface area contributed by atoms with Crippen LogP contribution in [0.4, 0.5) is 0 Å². The fraction of sp³-hybridized carbons (Fsp3) is 0.889. The molecule has 0 saturated heterocycles. The summed E-state index contributed by atoms with van der Waals surface area (Å²) in [4.78, 5) is 10.9. The number of aliphatic carboxylic acids is 1. The summed E-state index contributed by atoms with van der Waals surface area (Å²) in [5.74, 6) is -0.132. The van der Waals surface area contributed by atoms with Gasteiger partial charge in [0.05, 0.1) is 5.41 Å². The normalized spacial score (nSPS) is 11.6. The molecule has 0 heterocycles. The largest absolute Gasteiger partial charge is 0.481 e. The molecule has 0 aliphatic carbocycles. The van der Waals surface area contributed by atoms with Crippen LogP contribution in [0.5, 0.6) is 0 Å². The first-order chi connectivity index (χ1) is 5.63. The maximum atomic E-state index is 10.9. The van der Waals surface area contributed by atoms with Gasteiger partial charge in [-0.1, -0.05) is 13.8 Å². The van der Waals surface area contributed by atoms with Gasteiger partial charge in [0.2, 0.25) is 0 Å². The lowest BCUT2D eigenvalue weighted by Crippen LogP contribution is -2.29. The summed E-state index contributed by atoms with van der Waals surface area (Å²) in [5, 5.41) is 9.01. The maximum absolute atomic E-state index is 10.9. The van der Waals surface area contributed by atoms with E-state index < -0.39 is 11.4 Å². The van der Waals surface area contributed by atoms with E-state index in [1.165, 1.54) is 0 Å². The van der Waals surface area contributed by atoms with E-state index in [9.17, 15) is 4.79 Å². The molecule has 12 heavy (non-hydrogen) atoms. The van der Waals surface area contributed by atoms with Crippen molar-refractivity contribution in [2.45, 2.75) is 39.5 Å². The van der Waals surface area contributed by atoms with E-state index in [2.05, 4.69) is 0 Å². The number of carbonyl (C=O) groups is 1. The van der Waals surface area contributed by atoms with Crippen LogP contribution in [-0.2, 0) is 4.79 Å². The van der Waals surface area contributed by atoms with Crippen molar-refractivity contribution in [3.63, 3.8) is 0 Å². The fourth-order valence-corrected chi connectivity index (χ4v) is 1.55. The highest BCUT2D eigenvalue weighted by atomic mass is 35.5. The van der Waals surface area contributed by atoms with Crippen LogP contribution in [0, 0.1) is 5.41 Å². The molecule has 0 unspecified atom stereocenters. The average Bonchev–Trinajstić information content (AvgIpc) is 2.07. The third kappa shape index (κ3) is 2.67. The molecule has 0 aromatic rings. The smallest absolute Gasteiger partial charge is 0.309 e. The van der Waals surface area contributed by atoms with Crippen molar-refractivity contribution in [1.29, 1.82) is 0 Å². The monoisotopic (exact) mass is 192 g/mol. The van der Waals surface area contributed by atoms with Crippen molar-refractivity contribution in [1.82, 2.24) is 0 Å². The van der Waals surface area contributed by atoms with Crippen LogP contribution in [0.3, 0.4) is 0 Å². The van der Waals surface area contributed by atoms with E-state index in [-0.39, 0.29) is 0 Å². The Morgan fingerprint density at radius 2 is 1.92 bits per heavy atom. The van der Waals surface area contributed by atoms with Gasteiger partial charge in [0.25, 0.3) is 0 Å². The second kappa shape index (κ2) is 5.41. The van der Waals surface area contributed by atoms with Gasteiger partial charge in [0, 0.05) is 5.88 Å². The number of rotatable bonds is 6. The van der Waals surface area contributed by atoms with Crippen molar-refractivity contribution >= 4 is 17.6 Å². The van der Waals surface area contributed by atoms with Gasteiger partial charge >= 0.3 is 5.97 Å². The minimum Gasteiger partial charge on any atom is -0.481 e. The Morgan fingerprint density at radius 1 is 1.42 bits per heavy atom. The number of carboxylic acid groups (broad SMARTS) is 1. The highest BCUT2D eigenvalue weighted by molar-refractivity contribution is 6.17. The standard InChI is InChI=1S/C9H17ClO2/c1-3-9(4-2,8(11)12)6-5-7-10/h3-7H2,1-2H3,(H,11,12). The first-order valence-electron chi connectivity index (χ1n) is 4.42. The summed E-state index contributed by atoms with van der Waals surface area (Å²) < 4.78 is 0. The molecule has 3 heteroatoms. The minimum atomic E-state index is -0.683. The third-order valence-electron chi connectivity index (χ3n) is 2.60. The van der Waals surface area contributed by atoms with Crippen molar-refractivity contribution in [2.24, 2.45) is 5.41 Å². The van der Waals surface area contributed by atoms with Gasteiger partial charge in [-0.3, -0.25) is 4.79 Å². The number of hydrogen-bond donors (Lipinski definition) is 1. The van der Waals surface area contributed by atoms with Crippen LogP contribution in [-0.4, -0.2) is 17.0 Å². The molecule has 0 aromatic heterocycles. The molecule has 0 amide bonds. The molecule has 0 aliphatic rings. The Hall–Kier alpha value is -0.240. The van der Waals surface area contributed by atoms with E-state index >= 15 is 0 Å². The maximum Gasteiger partial charge on any atom is 0.309 e. The number of alkyl halides is 1. The Labute approximate surface area is 78.9 Å². The summed E-state index contributed by atoms with van der Waals surface area (Å²) in [7, 11) is 0. The van der Waals surface area contributed by atoms with Crippen LogP contribution in [0.25, 0.3) is 0 Å². The molecule has 0 bridgehead atoms. The van der Waals surface area contributed by atoms with Gasteiger partial charge in [-0.2, -0.15) is 0 Å². The Balaban J connectivity index is 4.25. The van der Waals surface area contributed by atoms with Crippen molar-refractivity contribution in [3.8, 4) is 0 Å². The van der Waals surface area contributed by atoms with Gasteiger partial charge in [0.15, 0.2) is 0 Å². The van der Waals surface area contributed by atoms with Gasteiger partial charge in [0.1, 0.15) is 0 Å². The van der Waals surface area contributed by atoms with Gasteiger partial charge in [-0.05, 0) is 25.7 Å². The Bertz CT molecular complexity index is 141. The predicted octanol–water partition coefficient (Wildman–Crippen LogP) is 2.90. The molecule has 0 atom stereocenters. The van der Waals surface area contributed by atoms with E-state index in [1.807, 2.05) is 13.8 Å². The zero-order valence-corrected chi connectivity index (χ0v) is 8.52. The number of carboxylic acids is 1. The van der Waals surface area contributed by atoms with E-state index in [4.69, 9.17) is 16.7 Å². The van der Waals surface area contributed by atoms with Gasteiger partial charge in [-0.25, -0.2) is 0 Å². The quantitative estimate of drug-likeness (QED) is 0.658. The van der Waals surface area contributed by atoms with Crippen LogP contribution < -0.4 is 0 Å². The molecular formula is C9H17ClO2. The first kappa shape index (κ1) is 11.8. The second-order valence-corrected chi connectivity index (χ2v) is 3.46. The molecular weight excluding hydrogens is 176 g/mol. The summed E-state index contributed by atoms with van der Waals surface area (Å²) in [6.45, 7) is 3.84. The summed E-state index contributed by atoms with van der Waals surface area (Å²) in [6.07, 6.45) is 2.86. The SMILES string of the molecule is CCC(CC)(CCCCl)C(=O)O. The Kier molecular flexibility index (Phi) is 5.31. The minimum absolute atomic E-state index is 0.533. The highest BCUT2D eigenvalue weighted by Crippen LogP contribution is 2.32. The van der Waals surface area contributed by atoms with E-state index in [1.54, 1.807) is 0 Å². The fourth-order valence-electron chi connectivity index (χ4n) is 1.42. The molecule has 0 aliphatic heterocycles. The topological polar surface area (TPSA) is 37.3 Å². The molecule has 72 valence electrons. The summed E-state index contributed by atoms with van der Waals surface area (Å²) >= 11 is 5.53. The second-order valence-electron chi connectivity index (χ2n) is 3.09. The molecule has 0 aromatic carbocycles. The first-order valence-corrected chi connectivity index (χ1v) is 4.95. The Morgan fingerprint density at radius 3 is 2.17 bits per heavy atom. The van der Waals surface area contributed by atoms with Crippen LogP contribution in [0.1, 0.15) is 39.5 Å². The molecule has 0 fully saturated rings. The van der Waals surface area contributed by atoms with Crippen molar-refractivity contribution < 1.29 is 9.90 Å². The lowest BCUT2D eigenvalue weighted by atomic mass is 9.78. The molecule has 2 nitrogen and oxygen atoms in total. The highest BCUT2D eigenvalue weighted by Gasteiger charge is 2.33. The lowest BCUT2D eigenvalue weighted by Gasteiger charge is -2.26. The van der Waals surface area contributed by atoms with Crippen molar-refractivity contribution in [2.75, 3.05) is 5.88 Å². The van der Waals surface area contributed by atoms with Gasteiger partial charge < -0.3 is 5.11 Å². The zero-order chi connectivity index (χ0) is 9.61. The van der Waals surface area contributed by atoms with E-state index in [0.29, 0.717) is 25.1 Å². The summed E-state index contributed by atoms with van der Waals surface area (Å²) in [5.41, 5.74) is -0.533.